The molecule has 1 atom stereocenters. The van der Waals surface area contributed by atoms with E-state index < -0.39 is 17.9 Å². The van der Waals surface area contributed by atoms with Crippen LogP contribution in [0.5, 0.6) is 0 Å². The Morgan fingerprint density at radius 3 is 2.72 bits per heavy atom. The summed E-state index contributed by atoms with van der Waals surface area (Å²) in [4.78, 5) is 22.0. The van der Waals surface area contributed by atoms with Gasteiger partial charge in [0.2, 0.25) is 5.91 Å². The minimum atomic E-state index is -0.980. The van der Waals surface area contributed by atoms with E-state index in [-0.39, 0.29) is 12.8 Å². The van der Waals surface area contributed by atoms with Crippen LogP contribution in [0.25, 0.3) is 0 Å². The summed E-state index contributed by atoms with van der Waals surface area (Å²) in [5.74, 6) is -1.42. The number of halogens is 1. The topological polar surface area (TPSA) is 92.4 Å². The lowest BCUT2D eigenvalue weighted by Crippen LogP contribution is -2.36. The standard InChI is InChI=1S/C12H15ClN2O3/c1-7-2-4-10(8(13)6-7)15-12(18)9(14)3-5-11(16)17/h2,4,6,9H,3,5,14H2,1H3,(H,15,18)(H,16,17). The van der Waals surface area contributed by atoms with Gasteiger partial charge < -0.3 is 16.2 Å². The van der Waals surface area contributed by atoms with Crippen molar-refractivity contribution in [1.29, 1.82) is 0 Å². The average molecular weight is 271 g/mol. The number of amides is 1. The predicted octanol–water partition coefficient (Wildman–Crippen LogP) is 1.78. The lowest BCUT2D eigenvalue weighted by Gasteiger charge is -2.12. The molecule has 0 radical (unpaired) electrons. The van der Waals surface area contributed by atoms with Crippen LogP contribution in [0.15, 0.2) is 18.2 Å². The molecule has 0 spiro atoms. The second kappa shape index (κ2) is 6.37. The van der Waals surface area contributed by atoms with Crippen molar-refractivity contribution in [3.8, 4) is 0 Å². The number of hydrogen-bond donors (Lipinski definition) is 3. The lowest BCUT2D eigenvalue weighted by atomic mass is 10.1. The van der Waals surface area contributed by atoms with Crippen LogP contribution in [0.2, 0.25) is 5.02 Å². The summed E-state index contributed by atoms with van der Waals surface area (Å²) in [6.07, 6.45) is -0.0547. The number of carbonyl (C=O) groups is 2. The summed E-state index contributed by atoms with van der Waals surface area (Å²) in [5.41, 5.74) is 7.03. The fourth-order valence-electron chi connectivity index (χ4n) is 1.36. The third-order valence-electron chi connectivity index (χ3n) is 2.39. The van der Waals surface area contributed by atoms with E-state index in [4.69, 9.17) is 22.4 Å². The zero-order valence-corrected chi connectivity index (χ0v) is 10.7. The van der Waals surface area contributed by atoms with Crippen molar-refractivity contribution >= 4 is 29.2 Å². The van der Waals surface area contributed by atoms with Crippen molar-refractivity contribution in [3.05, 3.63) is 28.8 Å². The average Bonchev–Trinajstić information content (AvgIpc) is 2.29. The summed E-state index contributed by atoms with van der Waals surface area (Å²) in [6.45, 7) is 1.88. The van der Waals surface area contributed by atoms with Crippen molar-refractivity contribution in [1.82, 2.24) is 0 Å². The Bertz CT molecular complexity index is 463. The van der Waals surface area contributed by atoms with E-state index in [1.807, 2.05) is 13.0 Å². The maximum absolute atomic E-state index is 11.7. The normalized spacial score (nSPS) is 11.9. The van der Waals surface area contributed by atoms with Gasteiger partial charge in [0.05, 0.1) is 16.8 Å². The molecule has 98 valence electrons. The summed E-state index contributed by atoms with van der Waals surface area (Å²) in [6, 6.07) is 4.35. The molecule has 0 saturated carbocycles. The molecule has 5 nitrogen and oxygen atoms in total. The first-order valence-corrected chi connectivity index (χ1v) is 5.82. The van der Waals surface area contributed by atoms with Crippen molar-refractivity contribution in [2.45, 2.75) is 25.8 Å². The van der Waals surface area contributed by atoms with E-state index >= 15 is 0 Å². The van der Waals surface area contributed by atoms with Gasteiger partial charge in [-0.25, -0.2) is 0 Å². The van der Waals surface area contributed by atoms with Crippen LogP contribution in [-0.2, 0) is 9.59 Å². The third kappa shape index (κ3) is 4.35. The molecule has 1 aromatic carbocycles. The lowest BCUT2D eigenvalue weighted by molar-refractivity contribution is -0.137. The molecule has 6 heteroatoms. The van der Waals surface area contributed by atoms with Crippen LogP contribution >= 0.6 is 11.6 Å². The molecule has 0 aliphatic carbocycles. The Morgan fingerprint density at radius 2 is 2.17 bits per heavy atom. The number of benzene rings is 1. The molecule has 18 heavy (non-hydrogen) atoms. The molecule has 0 heterocycles. The van der Waals surface area contributed by atoms with Crippen molar-refractivity contribution in [3.63, 3.8) is 0 Å². The minimum Gasteiger partial charge on any atom is -0.481 e. The zero-order valence-electron chi connectivity index (χ0n) is 9.94. The number of carbonyl (C=O) groups excluding carboxylic acids is 1. The van der Waals surface area contributed by atoms with Gasteiger partial charge in [0.25, 0.3) is 0 Å². The van der Waals surface area contributed by atoms with E-state index in [2.05, 4.69) is 5.32 Å². The number of nitrogens with two attached hydrogens (primary N) is 1. The van der Waals surface area contributed by atoms with Crippen LogP contribution in [-0.4, -0.2) is 23.0 Å². The highest BCUT2D eigenvalue weighted by molar-refractivity contribution is 6.33. The van der Waals surface area contributed by atoms with Gasteiger partial charge in [-0.15, -0.1) is 0 Å². The van der Waals surface area contributed by atoms with Crippen LogP contribution in [0, 0.1) is 6.92 Å². The molecule has 1 aromatic rings. The van der Waals surface area contributed by atoms with Crippen LogP contribution in [0.1, 0.15) is 18.4 Å². The first-order valence-electron chi connectivity index (χ1n) is 5.44. The number of nitrogens with one attached hydrogen (secondary N) is 1. The smallest absolute Gasteiger partial charge is 0.303 e. The highest BCUT2D eigenvalue weighted by Gasteiger charge is 2.15. The van der Waals surface area contributed by atoms with Gasteiger partial charge in [-0.05, 0) is 31.0 Å². The second-order valence-corrected chi connectivity index (χ2v) is 4.42. The highest BCUT2D eigenvalue weighted by atomic mass is 35.5. The molecule has 0 saturated heterocycles. The van der Waals surface area contributed by atoms with Gasteiger partial charge >= 0.3 is 5.97 Å². The minimum absolute atomic E-state index is 0.0879. The van der Waals surface area contributed by atoms with Crippen LogP contribution in [0.4, 0.5) is 5.69 Å². The third-order valence-corrected chi connectivity index (χ3v) is 2.70. The maximum Gasteiger partial charge on any atom is 0.303 e. The van der Waals surface area contributed by atoms with E-state index in [9.17, 15) is 9.59 Å². The first kappa shape index (κ1) is 14.5. The second-order valence-electron chi connectivity index (χ2n) is 4.01. The number of anilines is 1. The number of aliphatic carboxylic acids is 1. The van der Waals surface area contributed by atoms with Crippen LogP contribution < -0.4 is 11.1 Å². The Morgan fingerprint density at radius 1 is 1.50 bits per heavy atom. The summed E-state index contributed by atoms with van der Waals surface area (Å²) < 4.78 is 0. The fraction of sp³-hybridized carbons (Fsp3) is 0.333. The van der Waals surface area contributed by atoms with E-state index in [0.29, 0.717) is 10.7 Å². The molecular formula is C12H15ClN2O3. The molecule has 1 amide bonds. The molecule has 0 aromatic heterocycles. The van der Waals surface area contributed by atoms with Crippen molar-refractivity contribution in [2.24, 2.45) is 5.73 Å². The SMILES string of the molecule is Cc1ccc(NC(=O)C(N)CCC(=O)O)c(Cl)c1. The van der Waals surface area contributed by atoms with Gasteiger partial charge in [-0.2, -0.15) is 0 Å². The van der Waals surface area contributed by atoms with Gasteiger partial charge in [0.15, 0.2) is 0 Å². The summed E-state index contributed by atoms with van der Waals surface area (Å²) in [7, 11) is 0. The Labute approximate surface area is 110 Å². The Balaban J connectivity index is 2.61. The molecule has 1 rings (SSSR count). The first-order chi connectivity index (χ1) is 8.40. The number of aryl methyl sites for hydroxylation is 1. The molecule has 0 aliphatic heterocycles. The zero-order chi connectivity index (χ0) is 13.7. The quantitative estimate of drug-likeness (QED) is 0.760. The largest absolute Gasteiger partial charge is 0.481 e. The molecule has 1 unspecified atom stereocenters. The van der Waals surface area contributed by atoms with Gasteiger partial charge in [-0.1, -0.05) is 17.7 Å². The molecule has 4 N–H and O–H groups in total. The summed E-state index contributed by atoms with van der Waals surface area (Å²) in [5, 5.41) is 11.5. The molecule has 0 aliphatic rings. The number of rotatable bonds is 5. The maximum atomic E-state index is 11.7. The van der Waals surface area contributed by atoms with Gasteiger partial charge in [-0.3, -0.25) is 9.59 Å². The van der Waals surface area contributed by atoms with Crippen molar-refractivity contribution < 1.29 is 14.7 Å². The fourth-order valence-corrected chi connectivity index (χ4v) is 1.64. The Kier molecular flexibility index (Phi) is 5.12. The molecule has 0 bridgehead atoms. The number of carboxylic acids is 1. The predicted molar refractivity (Wildman–Crippen MR) is 69.7 cm³/mol. The van der Waals surface area contributed by atoms with E-state index in [1.165, 1.54) is 0 Å². The molecular weight excluding hydrogens is 256 g/mol. The van der Waals surface area contributed by atoms with Crippen molar-refractivity contribution in [2.75, 3.05) is 5.32 Å². The number of carboxylic acid groups (broad SMARTS) is 1. The van der Waals surface area contributed by atoms with E-state index in [1.54, 1.807) is 12.1 Å². The van der Waals surface area contributed by atoms with Crippen LogP contribution in [0.3, 0.4) is 0 Å². The summed E-state index contributed by atoms with van der Waals surface area (Å²) >= 11 is 5.96. The van der Waals surface area contributed by atoms with E-state index in [0.717, 1.165) is 5.56 Å². The molecule has 0 fully saturated rings. The monoisotopic (exact) mass is 270 g/mol. The van der Waals surface area contributed by atoms with Gasteiger partial charge in [0.1, 0.15) is 0 Å². The van der Waals surface area contributed by atoms with Gasteiger partial charge in [0, 0.05) is 6.42 Å². The number of hydrogen-bond acceptors (Lipinski definition) is 3. The Hall–Kier alpha value is -1.59. The highest BCUT2D eigenvalue weighted by Crippen LogP contribution is 2.22.